The summed E-state index contributed by atoms with van der Waals surface area (Å²) in [5.74, 6) is -2.12. The molecule has 7 heteroatoms. The molecule has 4 nitrogen and oxygen atoms in total. The largest absolute Gasteiger partial charge is 0.478 e. The number of benzene rings is 1. The van der Waals surface area contributed by atoms with Gasteiger partial charge in [-0.1, -0.05) is 0 Å². The van der Waals surface area contributed by atoms with Crippen LogP contribution in [0.1, 0.15) is 28.8 Å². The first-order valence-electron chi connectivity index (χ1n) is 6.01. The summed E-state index contributed by atoms with van der Waals surface area (Å²) >= 11 is 0. The van der Waals surface area contributed by atoms with Crippen LogP contribution in [0.2, 0.25) is 0 Å². The lowest BCUT2D eigenvalue weighted by Crippen LogP contribution is -2.38. The maximum absolute atomic E-state index is 12.3. The zero-order valence-corrected chi connectivity index (χ0v) is 10.4. The van der Waals surface area contributed by atoms with Gasteiger partial charge in [-0.3, -0.25) is 4.79 Å². The number of carbonyl (C=O) groups is 2. The van der Waals surface area contributed by atoms with Gasteiger partial charge in [0.15, 0.2) is 0 Å². The van der Waals surface area contributed by atoms with Gasteiger partial charge >= 0.3 is 12.1 Å². The highest BCUT2D eigenvalue weighted by atomic mass is 19.4. The van der Waals surface area contributed by atoms with Gasteiger partial charge in [0.05, 0.1) is 5.56 Å². The Bertz CT molecular complexity index is 554. The molecule has 0 aliphatic carbocycles. The third-order valence-corrected chi connectivity index (χ3v) is 3.10. The molecule has 108 valence electrons. The van der Waals surface area contributed by atoms with Crippen LogP contribution < -0.4 is 4.90 Å². The number of hydrogen-bond donors (Lipinski definition) is 1. The summed E-state index contributed by atoms with van der Waals surface area (Å²) in [5, 5.41) is 8.89. The van der Waals surface area contributed by atoms with Crippen molar-refractivity contribution in [3.8, 4) is 0 Å². The molecular formula is C13H12F3NO3. The van der Waals surface area contributed by atoms with Crippen molar-refractivity contribution in [1.29, 1.82) is 0 Å². The molecule has 20 heavy (non-hydrogen) atoms. The van der Waals surface area contributed by atoms with Crippen molar-refractivity contribution < 1.29 is 27.9 Å². The van der Waals surface area contributed by atoms with Gasteiger partial charge in [0.25, 0.3) is 0 Å². The third-order valence-electron chi connectivity index (χ3n) is 3.10. The van der Waals surface area contributed by atoms with E-state index >= 15 is 0 Å². The molecule has 1 aromatic rings. The monoisotopic (exact) mass is 287 g/mol. The van der Waals surface area contributed by atoms with E-state index in [1.165, 1.54) is 18.2 Å². The first-order valence-corrected chi connectivity index (χ1v) is 6.01. The second kappa shape index (κ2) is 5.15. The number of aromatic carboxylic acids is 1. The average molecular weight is 287 g/mol. The summed E-state index contributed by atoms with van der Waals surface area (Å²) in [6.07, 6.45) is -4.99. The van der Waals surface area contributed by atoms with Crippen LogP contribution in [0, 0.1) is 0 Å². The maximum Gasteiger partial charge on any atom is 0.397 e. The van der Waals surface area contributed by atoms with E-state index in [1.807, 2.05) is 0 Å². The molecule has 2 rings (SSSR count). The fourth-order valence-electron chi connectivity index (χ4n) is 2.26. The van der Waals surface area contributed by atoms with Gasteiger partial charge in [-0.25, -0.2) is 4.79 Å². The quantitative estimate of drug-likeness (QED) is 0.909. The molecule has 1 heterocycles. The van der Waals surface area contributed by atoms with Gasteiger partial charge in [0, 0.05) is 12.2 Å². The van der Waals surface area contributed by atoms with Crippen LogP contribution in [-0.4, -0.2) is 29.7 Å². The van der Waals surface area contributed by atoms with Crippen LogP contribution in [0.25, 0.3) is 0 Å². The normalized spacial score (nSPS) is 14.8. The van der Waals surface area contributed by atoms with E-state index in [2.05, 4.69) is 0 Å². The molecule has 0 atom stereocenters. The zero-order chi connectivity index (χ0) is 14.9. The summed E-state index contributed by atoms with van der Waals surface area (Å²) in [4.78, 5) is 23.6. The summed E-state index contributed by atoms with van der Waals surface area (Å²) < 4.78 is 36.8. The van der Waals surface area contributed by atoms with E-state index in [0.29, 0.717) is 24.1 Å². The SMILES string of the molecule is O=C(O)c1ccc2c(c1)CCCN2C(=O)CC(F)(F)F. The van der Waals surface area contributed by atoms with Crippen LogP contribution in [0.4, 0.5) is 18.9 Å². The molecule has 0 unspecified atom stereocenters. The minimum atomic E-state index is -4.55. The summed E-state index contributed by atoms with van der Waals surface area (Å²) in [6, 6.07) is 4.09. The Morgan fingerprint density at radius 3 is 2.60 bits per heavy atom. The van der Waals surface area contributed by atoms with Crippen LogP contribution in [0.5, 0.6) is 0 Å². The molecule has 0 fully saturated rings. The van der Waals surface area contributed by atoms with Crippen molar-refractivity contribution in [3.05, 3.63) is 29.3 Å². The zero-order valence-electron chi connectivity index (χ0n) is 10.4. The predicted octanol–water partition coefficient (Wildman–Crippen LogP) is 2.62. The standard InChI is InChI=1S/C13H12F3NO3/c14-13(15,16)7-11(18)17-5-1-2-8-6-9(12(19)20)3-4-10(8)17/h3-4,6H,1-2,5,7H2,(H,19,20). The van der Waals surface area contributed by atoms with Crippen molar-refractivity contribution in [2.24, 2.45) is 0 Å². The van der Waals surface area contributed by atoms with Gasteiger partial charge in [-0.05, 0) is 36.6 Å². The lowest BCUT2D eigenvalue weighted by Gasteiger charge is -2.30. The molecule has 1 N–H and O–H groups in total. The van der Waals surface area contributed by atoms with Crippen LogP contribution in [0.3, 0.4) is 0 Å². The maximum atomic E-state index is 12.3. The van der Waals surface area contributed by atoms with E-state index in [4.69, 9.17) is 5.11 Å². The molecular weight excluding hydrogens is 275 g/mol. The van der Waals surface area contributed by atoms with E-state index in [9.17, 15) is 22.8 Å². The van der Waals surface area contributed by atoms with Crippen molar-refractivity contribution in [1.82, 2.24) is 0 Å². The molecule has 0 bridgehead atoms. The summed E-state index contributed by atoms with van der Waals surface area (Å²) in [6.45, 7) is 0.217. The Morgan fingerprint density at radius 1 is 1.30 bits per heavy atom. The number of hydrogen-bond acceptors (Lipinski definition) is 2. The van der Waals surface area contributed by atoms with Crippen molar-refractivity contribution in [3.63, 3.8) is 0 Å². The minimum Gasteiger partial charge on any atom is -0.478 e. The van der Waals surface area contributed by atoms with Gasteiger partial charge < -0.3 is 10.0 Å². The minimum absolute atomic E-state index is 0.0638. The number of fused-ring (bicyclic) bond motifs is 1. The number of anilines is 1. The Kier molecular flexibility index (Phi) is 3.69. The topological polar surface area (TPSA) is 57.6 Å². The van der Waals surface area contributed by atoms with E-state index in [-0.39, 0.29) is 12.1 Å². The smallest absolute Gasteiger partial charge is 0.397 e. The number of rotatable bonds is 2. The van der Waals surface area contributed by atoms with Gasteiger partial charge in [-0.15, -0.1) is 0 Å². The number of aryl methyl sites for hydroxylation is 1. The van der Waals surface area contributed by atoms with Gasteiger partial charge in [0.1, 0.15) is 6.42 Å². The fraction of sp³-hybridized carbons (Fsp3) is 0.385. The van der Waals surface area contributed by atoms with Crippen molar-refractivity contribution in [2.75, 3.05) is 11.4 Å². The van der Waals surface area contributed by atoms with Crippen LogP contribution in [0.15, 0.2) is 18.2 Å². The van der Waals surface area contributed by atoms with Gasteiger partial charge in [0.2, 0.25) is 5.91 Å². The number of alkyl halides is 3. The van der Waals surface area contributed by atoms with Gasteiger partial charge in [-0.2, -0.15) is 13.2 Å². The second-order valence-corrected chi connectivity index (χ2v) is 4.59. The molecule has 0 spiro atoms. The molecule has 0 saturated heterocycles. The Balaban J connectivity index is 2.29. The van der Waals surface area contributed by atoms with Crippen molar-refractivity contribution >= 4 is 17.6 Å². The van der Waals surface area contributed by atoms with Crippen molar-refractivity contribution in [2.45, 2.75) is 25.4 Å². The molecule has 0 aromatic heterocycles. The number of carbonyl (C=O) groups excluding carboxylic acids is 1. The Morgan fingerprint density at radius 2 is 2.00 bits per heavy atom. The van der Waals surface area contributed by atoms with Crippen LogP contribution >= 0.6 is 0 Å². The second-order valence-electron chi connectivity index (χ2n) is 4.59. The molecule has 1 aromatic carbocycles. The molecule has 1 aliphatic rings. The lowest BCUT2D eigenvalue weighted by atomic mass is 9.99. The Labute approximate surface area is 112 Å². The van der Waals surface area contributed by atoms with E-state index < -0.39 is 24.5 Å². The number of amides is 1. The number of carboxylic acids is 1. The molecule has 1 amide bonds. The Hall–Kier alpha value is -2.05. The summed E-state index contributed by atoms with van der Waals surface area (Å²) in [5.41, 5.74) is 1.02. The van der Waals surface area contributed by atoms with Crippen LogP contribution in [-0.2, 0) is 11.2 Å². The first-order chi connectivity index (χ1) is 9.28. The predicted molar refractivity (Wildman–Crippen MR) is 64.7 cm³/mol. The highest BCUT2D eigenvalue weighted by Crippen LogP contribution is 2.30. The highest BCUT2D eigenvalue weighted by Gasteiger charge is 2.35. The summed E-state index contributed by atoms with van der Waals surface area (Å²) in [7, 11) is 0. The number of nitrogens with zero attached hydrogens (tertiary/aromatic N) is 1. The molecule has 0 saturated carbocycles. The molecule has 1 aliphatic heterocycles. The average Bonchev–Trinajstić information content (AvgIpc) is 2.35. The van der Waals surface area contributed by atoms with E-state index in [0.717, 1.165) is 4.90 Å². The first kappa shape index (κ1) is 14.4. The number of halogens is 3. The fourth-order valence-corrected chi connectivity index (χ4v) is 2.26. The molecule has 0 radical (unpaired) electrons. The third kappa shape index (κ3) is 3.09. The highest BCUT2D eigenvalue weighted by molar-refractivity contribution is 5.96. The number of carboxylic acid groups (broad SMARTS) is 1. The van der Waals surface area contributed by atoms with E-state index in [1.54, 1.807) is 0 Å². The lowest BCUT2D eigenvalue weighted by molar-refractivity contribution is -0.151.